The number of rotatable bonds is 4. The van der Waals surface area contributed by atoms with E-state index in [1.807, 2.05) is 6.07 Å². The highest BCUT2D eigenvalue weighted by atomic mass is 32.2. The molecule has 0 amide bonds. The molecule has 0 saturated heterocycles. The molecule has 86 valence electrons. The molecule has 3 N–H and O–H groups in total. The van der Waals surface area contributed by atoms with Gasteiger partial charge in [-0.05, 0) is 42.5 Å². The lowest BCUT2D eigenvalue weighted by atomic mass is 10.1. The van der Waals surface area contributed by atoms with Crippen LogP contribution in [0.4, 0.5) is 0 Å². The molecule has 0 spiro atoms. The summed E-state index contributed by atoms with van der Waals surface area (Å²) < 4.78 is 0. The Labute approximate surface area is 99.0 Å². The topological polar surface area (TPSA) is 63.3 Å². The zero-order valence-electron chi connectivity index (χ0n) is 8.98. The van der Waals surface area contributed by atoms with Gasteiger partial charge in [0.25, 0.3) is 0 Å². The Hall–Kier alpha value is -1.00. The van der Waals surface area contributed by atoms with Crippen molar-refractivity contribution in [1.29, 1.82) is 0 Å². The maximum absolute atomic E-state index is 10.9. The van der Waals surface area contributed by atoms with Crippen LogP contribution in [0.1, 0.15) is 17.5 Å². The van der Waals surface area contributed by atoms with Crippen LogP contribution in [-0.2, 0) is 17.6 Å². The van der Waals surface area contributed by atoms with Crippen molar-refractivity contribution in [2.45, 2.75) is 29.4 Å². The second-order valence-electron chi connectivity index (χ2n) is 3.96. The number of thioether (sulfide) groups is 1. The zero-order valence-corrected chi connectivity index (χ0v) is 9.80. The van der Waals surface area contributed by atoms with Gasteiger partial charge < -0.3 is 10.8 Å². The van der Waals surface area contributed by atoms with Gasteiger partial charge in [0.05, 0.1) is 0 Å². The third kappa shape index (κ3) is 2.39. The van der Waals surface area contributed by atoms with E-state index in [0.29, 0.717) is 0 Å². The Morgan fingerprint density at radius 1 is 1.44 bits per heavy atom. The monoisotopic (exact) mass is 237 g/mol. The first kappa shape index (κ1) is 11.5. The van der Waals surface area contributed by atoms with Gasteiger partial charge in [0.2, 0.25) is 0 Å². The van der Waals surface area contributed by atoms with E-state index in [2.05, 4.69) is 12.1 Å². The van der Waals surface area contributed by atoms with Crippen LogP contribution >= 0.6 is 11.8 Å². The molecule has 1 aromatic carbocycles. The van der Waals surface area contributed by atoms with Gasteiger partial charge >= 0.3 is 5.97 Å². The number of aryl methyl sites for hydroxylation is 2. The molecule has 16 heavy (non-hydrogen) atoms. The van der Waals surface area contributed by atoms with Gasteiger partial charge in [-0.3, -0.25) is 4.79 Å². The first-order chi connectivity index (χ1) is 7.70. The molecule has 0 radical (unpaired) electrons. The number of carboxylic acids is 1. The average Bonchev–Trinajstić information content (AvgIpc) is 2.72. The highest BCUT2D eigenvalue weighted by molar-refractivity contribution is 8.00. The van der Waals surface area contributed by atoms with Crippen LogP contribution in [0.15, 0.2) is 23.1 Å². The van der Waals surface area contributed by atoms with Crippen molar-refractivity contribution in [1.82, 2.24) is 0 Å². The Balaban J connectivity index is 2.13. The van der Waals surface area contributed by atoms with Crippen LogP contribution in [-0.4, -0.2) is 22.9 Å². The summed E-state index contributed by atoms with van der Waals surface area (Å²) in [5, 5.41) is 8.38. The number of carbonyl (C=O) groups is 1. The number of carboxylic acid groups (broad SMARTS) is 1. The van der Waals surface area contributed by atoms with Gasteiger partial charge in [-0.25, -0.2) is 0 Å². The predicted octanol–water partition coefficient (Wildman–Crippen LogP) is 1.68. The molecule has 0 aromatic heterocycles. The number of fused-ring (bicyclic) bond motifs is 1. The van der Waals surface area contributed by atoms with Crippen LogP contribution in [0, 0.1) is 0 Å². The Morgan fingerprint density at radius 3 is 2.88 bits per heavy atom. The smallest absolute Gasteiger partial charge is 0.318 e. The summed E-state index contributed by atoms with van der Waals surface area (Å²) in [4.78, 5) is 11.9. The van der Waals surface area contributed by atoms with E-state index in [9.17, 15) is 4.79 Å². The lowest BCUT2D eigenvalue weighted by Crippen LogP contribution is -2.25. The molecule has 0 heterocycles. The van der Waals surface area contributed by atoms with Gasteiger partial charge in [0, 0.05) is 11.4 Å². The molecule has 0 fully saturated rings. The fourth-order valence-electron chi connectivity index (χ4n) is 1.99. The van der Waals surface area contributed by atoms with Crippen molar-refractivity contribution in [3.05, 3.63) is 29.3 Å². The molecular weight excluding hydrogens is 222 g/mol. The number of hydrogen-bond donors (Lipinski definition) is 2. The minimum Gasteiger partial charge on any atom is -0.480 e. The largest absolute Gasteiger partial charge is 0.480 e. The van der Waals surface area contributed by atoms with Gasteiger partial charge in [0.15, 0.2) is 0 Å². The lowest BCUT2D eigenvalue weighted by molar-refractivity contribution is -0.136. The van der Waals surface area contributed by atoms with Gasteiger partial charge in [0.1, 0.15) is 5.25 Å². The summed E-state index contributed by atoms with van der Waals surface area (Å²) in [6.45, 7) is 0.164. The molecule has 3 nitrogen and oxygen atoms in total. The van der Waals surface area contributed by atoms with Crippen molar-refractivity contribution in [2.75, 3.05) is 6.54 Å². The quantitative estimate of drug-likeness (QED) is 0.782. The fraction of sp³-hybridized carbons (Fsp3) is 0.417. The molecule has 1 aliphatic carbocycles. The summed E-state index contributed by atoms with van der Waals surface area (Å²) in [6, 6.07) is 6.22. The van der Waals surface area contributed by atoms with Gasteiger partial charge in [-0.2, -0.15) is 0 Å². The number of nitrogens with two attached hydrogens (primary N) is 1. The van der Waals surface area contributed by atoms with E-state index in [-0.39, 0.29) is 6.54 Å². The van der Waals surface area contributed by atoms with E-state index >= 15 is 0 Å². The third-order valence-corrected chi connectivity index (χ3v) is 4.04. The first-order valence-electron chi connectivity index (χ1n) is 5.42. The number of aliphatic carboxylic acids is 1. The van der Waals surface area contributed by atoms with Crippen LogP contribution < -0.4 is 5.73 Å². The van der Waals surface area contributed by atoms with E-state index < -0.39 is 11.2 Å². The van der Waals surface area contributed by atoms with Crippen LogP contribution in [0.2, 0.25) is 0 Å². The van der Waals surface area contributed by atoms with Crippen molar-refractivity contribution >= 4 is 17.7 Å². The molecule has 1 unspecified atom stereocenters. The normalized spacial score (nSPS) is 15.8. The highest BCUT2D eigenvalue weighted by Crippen LogP contribution is 2.29. The zero-order chi connectivity index (χ0) is 11.5. The Kier molecular flexibility index (Phi) is 3.51. The minimum absolute atomic E-state index is 0.164. The van der Waals surface area contributed by atoms with E-state index in [1.54, 1.807) is 0 Å². The molecule has 0 saturated carbocycles. The average molecular weight is 237 g/mol. The van der Waals surface area contributed by atoms with E-state index in [4.69, 9.17) is 10.8 Å². The van der Waals surface area contributed by atoms with E-state index in [0.717, 1.165) is 17.7 Å². The van der Waals surface area contributed by atoms with E-state index in [1.165, 1.54) is 29.3 Å². The molecule has 1 aliphatic rings. The predicted molar refractivity (Wildman–Crippen MR) is 64.8 cm³/mol. The third-order valence-electron chi connectivity index (χ3n) is 2.84. The molecule has 2 rings (SSSR count). The Morgan fingerprint density at radius 2 is 2.19 bits per heavy atom. The summed E-state index contributed by atoms with van der Waals surface area (Å²) in [5.74, 6) is -0.840. The molecule has 4 heteroatoms. The maximum atomic E-state index is 10.9. The van der Waals surface area contributed by atoms with Gasteiger partial charge in [-0.1, -0.05) is 6.07 Å². The second kappa shape index (κ2) is 4.89. The number of hydrogen-bond acceptors (Lipinski definition) is 3. The van der Waals surface area contributed by atoms with Crippen molar-refractivity contribution in [2.24, 2.45) is 5.73 Å². The summed E-state index contributed by atoms with van der Waals surface area (Å²) >= 11 is 1.34. The summed E-state index contributed by atoms with van der Waals surface area (Å²) in [7, 11) is 0. The fourth-order valence-corrected chi connectivity index (χ4v) is 2.87. The molecule has 0 aliphatic heterocycles. The Bertz CT molecular complexity index is 406. The van der Waals surface area contributed by atoms with Crippen molar-refractivity contribution < 1.29 is 9.90 Å². The minimum atomic E-state index is -0.840. The standard InChI is InChI=1S/C12H15NO2S/c13-7-11(12(14)15)16-10-5-4-8-2-1-3-9(8)6-10/h4-6,11H,1-3,7,13H2,(H,14,15). The van der Waals surface area contributed by atoms with Crippen LogP contribution in [0.25, 0.3) is 0 Å². The second-order valence-corrected chi connectivity index (χ2v) is 5.24. The van der Waals surface area contributed by atoms with Crippen LogP contribution in [0.3, 0.4) is 0 Å². The molecule has 1 aromatic rings. The molecular formula is C12H15NO2S. The van der Waals surface area contributed by atoms with Crippen LogP contribution in [0.5, 0.6) is 0 Å². The SMILES string of the molecule is NCC(Sc1ccc2c(c1)CCC2)C(=O)O. The lowest BCUT2D eigenvalue weighted by Gasteiger charge is -2.10. The van der Waals surface area contributed by atoms with Crippen molar-refractivity contribution in [3.63, 3.8) is 0 Å². The highest BCUT2D eigenvalue weighted by Gasteiger charge is 2.18. The molecule has 1 atom stereocenters. The number of benzene rings is 1. The summed E-state index contributed by atoms with van der Waals surface area (Å²) in [6.07, 6.45) is 3.48. The van der Waals surface area contributed by atoms with Crippen molar-refractivity contribution in [3.8, 4) is 0 Å². The summed E-state index contributed by atoms with van der Waals surface area (Å²) in [5.41, 5.74) is 8.21. The van der Waals surface area contributed by atoms with Gasteiger partial charge in [-0.15, -0.1) is 11.8 Å². The first-order valence-corrected chi connectivity index (χ1v) is 6.30. The maximum Gasteiger partial charge on any atom is 0.318 e. The molecule has 0 bridgehead atoms.